The average molecular weight is 359 g/mol. The maximum Gasteiger partial charge on any atom is 0.257 e. The van der Waals surface area contributed by atoms with E-state index in [0.717, 1.165) is 22.0 Å². The van der Waals surface area contributed by atoms with Crippen LogP contribution in [0.3, 0.4) is 0 Å². The number of carbonyl (C=O) groups excluding carboxylic acids is 1. The first-order valence-electron chi connectivity index (χ1n) is 8.32. The van der Waals surface area contributed by atoms with Crippen molar-refractivity contribution in [2.45, 2.75) is 0 Å². The number of ether oxygens (including phenoxy) is 1. The maximum atomic E-state index is 12.5. The van der Waals surface area contributed by atoms with E-state index in [2.05, 4.69) is 26.3 Å². The minimum atomic E-state index is -0.273. The molecular weight excluding hydrogens is 342 g/mol. The SMILES string of the molecule is COc1cc(C(=O)Nc2cc3cc(-c4cncn4C)ccc3cn2)ccn1. The third-order valence-corrected chi connectivity index (χ3v) is 4.28. The molecule has 0 aliphatic heterocycles. The van der Waals surface area contributed by atoms with Crippen LogP contribution in [0.2, 0.25) is 0 Å². The molecule has 0 unspecified atom stereocenters. The van der Waals surface area contributed by atoms with Crippen molar-refractivity contribution in [1.29, 1.82) is 0 Å². The number of carbonyl (C=O) groups is 1. The summed E-state index contributed by atoms with van der Waals surface area (Å²) in [5, 5.41) is 4.78. The van der Waals surface area contributed by atoms with E-state index in [-0.39, 0.29) is 5.91 Å². The summed E-state index contributed by atoms with van der Waals surface area (Å²) < 4.78 is 7.02. The van der Waals surface area contributed by atoms with Crippen molar-refractivity contribution in [2.75, 3.05) is 12.4 Å². The summed E-state index contributed by atoms with van der Waals surface area (Å²) in [5.41, 5.74) is 2.51. The Morgan fingerprint density at radius 1 is 1.07 bits per heavy atom. The van der Waals surface area contributed by atoms with Gasteiger partial charge < -0.3 is 14.6 Å². The molecule has 1 amide bonds. The normalized spacial score (nSPS) is 10.7. The zero-order chi connectivity index (χ0) is 18.8. The molecule has 4 aromatic rings. The van der Waals surface area contributed by atoms with Crippen LogP contribution in [-0.2, 0) is 7.05 Å². The molecule has 3 heterocycles. The van der Waals surface area contributed by atoms with E-state index in [0.29, 0.717) is 17.3 Å². The Bertz CT molecular complexity index is 1140. The highest BCUT2D eigenvalue weighted by atomic mass is 16.5. The minimum absolute atomic E-state index is 0.273. The second-order valence-electron chi connectivity index (χ2n) is 6.06. The third-order valence-electron chi connectivity index (χ3n) is 4.28. The lowest BCUT2D eigenvalue weighted by atomic mass is 10.1. The number of fused-ring (bicyclic) bond motifs is 1. The number of aromatic nitrogens is 4. The molecule has 0 aliphatic carbocycles. The van der Waals surface area contributed by atoms with E-state index in [1.807, 2.05) is 36.0 Å². The number of rotatable bonds is 4. The predicted molar refractivity (Wildman–Crippen MR) is 103 cm³/mol. The fourth-order valence-electron chi connectivity index (χ4n) is 2.85. The third kappa shape index (κ3) is 3.35. The summed E-state index contributed by atoms with van der Waals surface area (Å²) in [6.07, 6.45) is 6.86. The largest absolute Gasteiger partial charge is 0.481 e. The fraction of sp³-hybridized carbons (Fsp3) is 0.100. The van der Waals surface area contributed by atoms with Gasteiger partial charge >= 0.3 is 0 Å². The smallest absolute Gasteiger partial charge is 0.257 e. The molecule has 0 atom stereocenters. The number of amides is 1. The number of methoxy groups -OCH3 is 1. The molecule has 0 radical (unpaired) electrons. The van der Waals surface area contributed by atoms with Gasteiger partial charge in [0.2, 0.25) is 5.88 Å². The highest BCUT2D eigenvalue weighted by Gasteiger charge is 2.10. The fourth-order valence-corrected chi connectivity index (χ4v) is 2.85. The number of pyridine rings is 2. The molecule has 27 heavy (non-hydrogen) atoms. The number of imidazole rings is 1. The first kappa shape index (κ1) is 16.7. The molecule has 1 N–H and O–H groups in total. The van der Waals surface area contributed by atoms with Crippen molar-refractivity contribution in [2.24, 2.45) is 7.05 Å². The van der Waals surface area contributed by atoms with Crippen LogP contribution >= 0.6 is 0 Å². The summed E-state index contributed by atoms with van der Waals surface area (Å²) in [7, 11) is 3.46. The van der Waals surface area contributed by atoms with Crippen molar-refractivity contribution in [3.8, 4) is 17.1 Å². The number of nitrogens with zero attached hydrogens (tertiary/aromatic N) is 4. The summed E-state index contributed by atoms with van der Waals surface area (Å²) in [5.74, 6) is 0.589. The van der Waals surface area contributed by atoms with Crippen LogP contribution in [0.25, 0.3) is 22.0 Å². The number of hydrogen-bond acceptors (Lipinski definition) is 5. The summed E-state index contributed by atoms with van der Waals surface area (Å²) in [6.45, 7) is 0. The molecule has 0 aliphatic rings. The first-order valence-corrected chi connectivity index (χ1v) is 8.32. The molecule has 4 rings (SSSR count). The van der Waals surface area contributed by atoms with Crippen LogP contribution in [-0.4, -0.2) is 32.5 Å². The molecule has 7 nitrogen and oxygen atoms in total. The summed E-state index contributed by atoms with van der Waals surface area (Å²) in [4.78, 5) is 25.0. The van der Waals surface area contributed by atoms with Gasteiger partial charge in [-0.15, -0.1) is 0 Å². The van der Waals surface area contributed by atoms with E-state index in [9.17, 15) is 4.79 Å². The number of aryl methyl sites for hydroxylation is 1. The minimum Gasteiger partial charge on any atom is -0.481 e. The molecule has 1 aromatic carbocycles. The standard InChI is InChI=1S/C20H17N5O2/c1-25-12-21-11-17(25)13-3-4-15-10-23-18(8-16(15)7-13)24-20(26)14-5-6-22-19(9-14)27-2/h3-12H,1-2H3,(H,23,24,26). The van der Waals surface area contributed by atoms with Crippen molar-refractivity contribution in [1.82, 2.24) is 19.5 Å². The molecule has 0 spiro atoms. The Morgan fingerprint density at radius 2 is 1.96 bits per heavy atom. The molecule has 0 bridgehead atoms. The van der Waals surface area contributed by atoms with Gasteiger partial charge in [0.1, 0.15) is 5.82 Å². The molecular formula is C20H17N5O2. The Kier molecular flexibility index (Phi) is 4.25. The van der Waals surface area contributed by atoms with Gasteiger partial charge in [0.25, 0.3) is 5.91 Å². The molecule has 0 saturated heterocycles. The summed E-state index contributed by atoms with van der Waals surface area (Å²) in [6, 6.07) is 11.1. The highest BCUT2D eigenvalue weighted by Crippen LogP contribution is 2.25. The zero-order valence-electron chi connectivity index (χ0n) is 14.9. The van der Waals surface area contributed by atoms with Crippen molar-refractivity contribution in [3.05, 3.63) is 66.9 Å². The van der Waals surface area contributed by atoms with Gasteiger partial charge in [0.15, 0.2) is 0 Å². The lowest BCUT2D eigenvalue weighted by molar-refractivity contribution is 0.102. The van der Waals surface area contributed by atoms with Crippen molar-refractivity contribution in [3.63, 3.8) is 0 Å². The zero-order valence-corrected chi connectivity index (χ0v) is 14.9. The second kappa shape index (κ2) is 6.87. The Hall–Kier alpha value is -3.74. The predicted octanol–water partition coefficient (Wildman–Crippen LogP) is 3.29. The van der Waals surface area contributed by atoms with Gasteiger partial charge in [-0.2, -0.15) is 0 Å². The number of anilines is 1. The van der Waals surface area contributed by atoms with Crippen LogP contribution in [0.5, 0.6) is 5.88 Å². The number of benzene rings is 1. The number of nitrogens with one attached hydrogen (secondary N) is 1. The molecule has 3 aromatic heterocycles. The van der Waals surface area contributed by atoms with E-state index < -0.39 is 0 Å². The molecule has 0 fully saturated rings. The van der Waals surface area contributed by atoms with Crippen molar-refractivity contribution >= 4 is 22.5 Å². The topological polar surface area (TPSA) is 81.9 Å². The lowest BCUT2D eigenvalue weighted by Gasteiger charge is -2.08. The van der Waals surface area contributed by atoms with E-state index >= 15 is 0 Å². The molecule has 7 heteroatoms. The highest BCUT2D eigenvalue weighted by molar-refractivity contribution is 6.04. The van der Waals surface area contributed by atoms with Gasteiger partial charge in [0.05, 0.1) is 25.3 Å². The average Bonchev–Trinajstić information content (AvgIpc) is 3.13. The van der Waals surface area contributed by atoms with E-state index in [1.54, 1.807) is 24.7 Å². The molecule has 0 saturated carbocycles. The Balaban J connectivity index is 1.64. The van der Waals surface area contributed by atoms with E-state index in [4.69, 9.17) is 4.74 Å². The second-order valence-corrected chi connectivity index (χ2v) is 6.06. The van der Waals surface area contributed by atoms with Gasteiger partial charge in [-0.1, -0.05) is 12.1 Å². The van der Waals surface area contributed by atoms with Gasteiger partial charge in [-0.25, -0.2) is 15.0 Å². The van der Waals surface area contributed by atoms with Crippen LogP contribution in [0.1, 0.15) is 10.4 Å². The first-order chi connectivity index (χ1) is 13.1. The van der Waals surface area contributed by atoms with Crippen LogP contribution in [0, 0.1) is 0 Å². The van der Waals surface area contributed by atoms with Crippen LogP contribution in [0.15, 0.2) is 61.3 Å². The van der Waals surface area contributed by atoms with Crippen LogP contribution in [0.4, 0.5) is 5.82 Å². The number of hydrogen-bond donors (Lipinski definition) is 1. The van der Waals surface area contributed by atoms with Gasteiger partial charge in [-0.3, -0.25) is 4.79 Å². The quantitative estimate of drug-likeness (QED) is 0.605. The Labute approximate surface area is 155 Å². The summed E-state index contributed by atoms with van der Waals surface area (Å²) >= 11 is 0. The van der Waals surface area contributed by atoms with Gasteiger partial charge in [-0.05, 0) is 23.6 Å². The molecule has 134 valence electrons. The van der Waals surface area contributed by atoms with Crippen LogP contribution < -0.4 is 10.1 Å². The van der Waals surface area contributed by atoms with Gasteiger partial charge in [0, 0.05) is 42.0 Å². The van der Waals surface area contributed by atoms with Crippen molar-refractivity contribution < 1.29 is 9.53 Å². The Morgan fingerprint density at radius 3 is 2.74 bits per heavy atom. The maximum absolute atomic E-state index is 12.5. The van der Waals surface area contributed by atoms with E-state index in [1.165, 1.54) is 13.3 Å². The monoisotopic (exact) mass is 359 g/mol. The lowest BCUT2D eigenvalue weighted by Crippen LogP contribution is -2.13.